The van der Waals surface area contributed by atoms with E-state index >= 15 is 0 Å². The lowest BCUT2D eigenvalue weighted by Gasteiger charge is -2.10. The number of amides is 1. The Hall–Kier alpha value is -3.31. The zero-order valence-electron chi connectivity index (χ0n) is 14.5. The summed E-state index contributed by atoms with van der Waals surface area (Å²) >= 11 is 6.37. The number of halogens is 1. The molecule has 0 aliphatic rings. The van der Waals surface area contributed by atoms with Crippen molar-refractivity contribution in [3.63, 3.8) is 0 Å². The number of hydrogen-bond donors (Lipinski definition) is 2. The minimum atomic E-state index is -0.259. The number of H-pyrrole nitrogens is 1. The second-order valence-corrected chi connectivity index (χ2v) is 6.36. The third-order valence-corrected chi connectivity index (χ3v) is 4.55. The van der Waals surface area contributed by atoms with Crippen LogP contribution in [0, 0.1) is 0 Å². The van der Waals surface area contributed by atoms with Gasteiger partial charge in [0.2, 0.25) is 0 Å². The lowest BCUT2D eigenvalue weighted by Crippen LogP contribution is -2.13. The fraction of sp³-hybridized carbons (Fsp3) is 0.0476. The molecule has 2 N–H and O–H groups in total. The molecule has 0 bridgehead atoms. The summed E-state index contributed by atoms with van der Waals surface area (Å²) in [5, 5.41) is 3.43. The van der Waals surface area contributed by atoms with Gasteiger partial charge in [-0.1, -0.05) is 35.9 Å². The van der Waals surface area contributed by atoms with Gasteiger partial charge in [-0.3, -0.25) is 4.79 Å². The normalized spacial score (nSPS) is 10.7. The van der Waals surface area contributed by atoms with Gasteiger partial charge in [0, 0.05) is 11.3 Å². The number of carbonyl (C=O) groups excluding carboxylic acids is 1. The number of imidazole rings is 1. The van der Waals surface area contributed by atoms with Gasteiger partial charge in [-0.25, -0.2) is 4.98 Å². The second-order valence-electron chi connectivity index (χ2n) is 5.95. The summed E-state index contributed by atoms with van der Waals surface area (Å²) in [5.41, 5.74) is 3.57. The van der Waals surface area contributed by atoms with Crippen LogP contribution >= 0.6 is 11.6 Å². The first kappa shape index (κ1) is 17.1. The van der Waals surface area contributed by atoms with Crippen LogP contribution in [0.15, 0.2) is 66.7 Å². The molecule has 6 heteroatoms. The van der Waals surface area contributed by atoms with Gasteiger partial charge < -0.3 is 15.0 Å². The van der Waals surface area contributed by atoms with Crippen LogP contribution < -0.4 is 10.1 Å². The van der Waals surface area contributed by atoms with Crippen LogP contribution in [0.1, 0.15) is 10.4 Å². The van der Waals surface area contributed by atoms with Gasteiger partial charge in [-0.05, 0) is 42.5 Å². The van der Waals surface area contributed by atoms with Crippen molar-refractivity contribution < 1.29 is 9.53 Å². The molecule has 4 aromatic rings. The predicted molar refractivity (Wildman–Crippen MR) is 107 cm³/mol. The number of nitrogens with zero attached hydrogens (tertiary/aromatic N) is 1. The van der Waals surface area contributed by atoms with E-state index in [0.717, 1.165) is 11.0 Å². The Labute approximate surface area is 161 Å². The maximum Gasteiger partial charge on any atom is 0.259 e. The highest BCUT2D eigenvalue weighted by atomic mass is 35.5. The molecule has 4 rings (SSSR count). The Bertz CT molecular complexity index is 1100. The topological polar surface area (TPSA) is 67.0 Å². The zero-order chi connectivity index (χ0) is 18.8. The summed E-state index contributed by atoms with van der Waals surface area (Å²) < 4.78 is 5.25. The molecule has 0 saturated heterocycles. The third-order valence-electron chi connectivity index (χ3n) is 4.22. The Morgan fingerprint density at radius 2 is 1.85 bits per heavy atom. The summed E-state index contributed by atoms with van der Waals surface area (Å²) in [6.07, 6.45) is 0. The molecule has 0 fully saturated rings. The number of anilines is 1. The van der Waals surface area contributed by atoms with Gasteiger partial charge in [0.15, 0.2) is 0 Å². The number of benzene rings is 3. The molecule has 1 amide bonds. The highest BCUT2D eigenvalue weighted by Gasteiger charge is 2.14. The van der Waals surface area contributed by atoms with Crippen LogP contribution in [0.2, 0.25) is 5.02 Å². The van der Waals surface area contributed by atoms with Crippen LogP contribution in [0.3, 0.4) is 0 Å². The molecule has 3 aromatic carbocycles. The number of para-hydroxylation sites is 3. The number of nitrogens with one attached hydrogen (secondary N) is 2. The van der Waals surface area contributed by atoms with Crippen LogP contribution in [0.25, 0.3) is 22.4 Å². The molecule has 0 radical (unpaired) electrons. The smallest absolute Gasteiger partial charge is 0.259 e. The van der Waals surface area contributed by atoms with E-state index in [4.69, 9.17) is 16.3 Å². The minimum absolute atomic E-state index is 0.259. The maximum atomic E-state index is 12.6. The van der Waals surface area contributed by atoms with Crippen molar-refractivity contribution in [2.45, 2.75) is 0 Å². The average Bonchev–Trinajstić information content (AvgIpc) is 3.13. The van der Waals surface area contributed by atoms with E-state index < -0.39 is 0 Å². The van der Waals surface area contributed by atoms with Crippen LogP contribution in [0.5, 0.6) is 5.75 Å². The number of carbonyl (C=O) groups is 1. The molecule has 1 aromatic heterocycles. The lowest BCUT2D eigenvalue weighted by molar-refractivity contribution is 0.102. The van der Waals surface area contributed by atoms with E-state index in [-0.39, 0.29) is 5.91 Å². The van der Waals surface area contributed by atoms with Crippen molar-refractivity contribution >= 4 is 34.2 Å². The number of rotatable bonds is 4. The van der Waals surface area contributed by atoms with E-state index in [1.807, 2.05) is 30.3 Å². The van der Waals surface area contributed by atoms with Crippen molar-refractivity contribution in [1.82, 2.24) is 9.97 Å². The quantitative estimate of drug-likeness (QED) is 0.517. The molecule has 0 atom stereocenters. The van der Waals surface area contributed by atoms with Gasteiger partial charge in [-0.2, -0.15) is 0 Å². The molecule has 0 aliphatic heterocycles. The van der Waals surface area contributed by atoms with E-state index in [1.54, 1.807) is 36.4 Å². The van der Waals surface area contributed by atoms with Crippen LogP contribution in [-0.4, -0.2) is 23.0 Å². The van der Waals surface area contributed by atoms with Crippen molar-refractivity contribution in [2.75, 3.05) is 12.4 Å². The summed E-state index contributed by atoms with van der Waals surface area (Å²) in [5.74, 6) is 0.904. The number of ether oxygens (including phenoxy) is 1. The van der Waals surface area contributed by atoms with E-state index in [0.29, 0.717) is 33.4 Å². The molecule has 0 aliphatic carbocycles. The molecule has 0 spiro atoms. The Balaban J connectivity index is 1.67. The van der Waals surface area contributed by atoms with Crippen molar-refractivity contribution in [3.8, 4) is 17.1 Å². The lowest BCUT2D eigenvalue weighted by atomic mass is 10.1. The van der Waals surface area contributed by atoms with E-state index in [1.165, 1.54) is 7.11 Å². The molecule has 134 valence electrons. The first-order valence-corrected chi connectivity index (χ1v) is 8.72. The molecule has 1 heterocycles. The molecular weight excluding hydrogens is 362 g/mol. The fourth-order valence-corrected chi connectivity index (χ4v) is 3.10. The summed E-state index contributed by atoms with van der Waals surface area (Å²) in [6, 6.07) is 20.1. The zero-order valence-corrected chi connectivity index (χ0v) is 15.2. The Kier molecular flexibility index (Phi) is 4.52. The van der Waals surface area contributed by atoms with Crippen LogP contribution in [0.4, 0.5) is 5.69 Å². The fourth-order valence-electron chi connectivity index (χ4n) is 2.90. The highest BCUT2D eigenvalue weighted by Crippen LogP contribution is 2.30. The maximum absolute atomic E-state index is 12.6. The molecule has 0 saturated carbocycles. The van der Waals surface area contributed by atoms with Gasteiger partial charge in [0.25, 0.3) is 5.91 Å². The van der Waals surface area contributed by atoms with Crippen molar-refractivity contribution in [3.05, 3.63) is 77.3 Å². The van der Waals surface area contributed by atoms with E-state index in [9.17, 15) is 4.79 Å². The number of aromatic nitrogens is 2. The first-order chi connectivity index (χ1) is 13.2. The van der Waals surface area contributed by atoms with E-state index in [2.05, 4.69) is 15.3 Å². The predicted octanol–water partition coefficient (Wildman–Crippen LogP) is 5.14. The van der Waals surface area contributed by atoms with Gasteiger partial charge in [0.05, 0.1) is 28.7 Å². The monoisotopic (exact) mass is 377 g/mol. The van der Waals surface area contributed by atoms with Crippen molar-refractivity contribution in [1.29, 1.82) is 0 Å². The molecule has 27 heavy (non-hydrogen) atoms. The summed E-state index contributed by atoms with van der Waals surface area (Å²) in [6.45, 7) is 0. The summed E-state index contributed by atoms with van der Waals surface area (Å²) in [4.78, 5) is 20.5. The Morgan fingerprint density at radius 1 is 1.07 bits per heavy atom. The number of aromatic amines is 1. The highest BCUT2D eigenvalue weighted by molar-refractivity contribution is 6.33. The van der Waals surface area contributed by atoms with Crippen LogP contribution in [-0.2, 0) is 0 Å². The van der Waals surface area contributed by atoms with Gasteiger partial charge >= 0.3 is 0 Å². The van der Waals surface area contributed by atoms with Gasteiger partial charge in [0.1, 0.15) is 11.6 Å². The third kappa shape index (κ3) is 3.37. The summed E-state index contributed by atoms with van der Waals surface area (Å²) in [7, 11) is 1.54. The minimum Gasteiger partial charge on any atom is -0.496 e. The number of fused-ring (bicyclic) bond motifs is 1. The largest absolute Gasteiger partial charge is 0.496 e. The van der Waals surface area contributed by atoms with Crippen molar-refractivity contribution in [2.24, 2.45) is 0 Å². The second kappa shape index (κ2) is 7.13. The number of methoxy groups -OCH3 is 1. The standard InChI is InChI=1S/C21H16ClN3O2/c1-27-19-9-5-2-6-14(19)21(26)23-13-10-11-16(22)15(12-13)20-24-17-7-3-4-8-18(17)25-20/h2-12H,1H3,(H,23,26)(H,24,25). The SMILES string of the molecule is COc1ccccc1C(=O)Nc1ccc(Cl)c(-c2nc3ccccc3[nH]2)c1. The van der Waals surface area contributed by atoms with Gasteiger partial charge in [-0.15, -0.1) is 0 Å². The average molecular weight is 378 g/mol. The molecule has 5 nitrogen and oxygen atoms in total. The Morgan fingerprint density at radius 3 is 2.67 bits per heavy atom. The molecule has 0 unspecified atom stereocenters. The molecular formula is C21H16ClN3O2. The number of hydrogen-bond acceptors (Lipinski definition) is 3. The first-order valence-electron chi connectivity index (χ1n) is 8.35.